The van der Waals surface area contributed by atoms with Crippen LogP contribution in [0.2, 0.25) is 0 Å². The van der Waals surface area contributed by atoms with Gasteiger partial charge in [0.2, 0.25) is 0 Å². The van der Waals surface area contributed by atoms with Gasteiger partial charge < -0.3 is 15.0 Å². The molecule has 0 aliphatic rings. The molecule has 0 saturated carbocycles. The van der Waals surface area contributed by atoms with Crippen LogP contribution in [-0.2, 0) is 23.4 Å². The van der Waals surface area contributed by atoms with E-state index >= 15 is 0 Å². The number of aromatic nitrogens is 3. The number of methoxy groups -OCH3 is 1. The summed E-state index contributed by atoms with van der Waals surface area (Å²) in [4.78, 5) is 0. The second-order valence-electron chi connectivity index (χ2n) is 4.18. The van der Waals surface area contributed by atoms with E-state index in [1.54, 1.807) is 7.11 Å². The summed E-state index contributed by atoms with van der Waals surface area (Å²) in [7, 11) is 1.64. The fourth-order valence-electron chi connectivity index (χ4n) is 1.48. The molecule has 0 saturated heterocycles. The van der Waals surface area contributed by atoms with Gasteiger partial charge in [-0.1, -0.05) is 0 Å². The number of nitrogens with two attached hydrogens (primary N) is 1. The van der Waals surface area contributed by atoms with Crippen LogP contribution in [0, 0.1) is 0 Å². The molecule has 0 atom stereocenters. The lowest BCUT2D eigenvalue weighted by Crippen LogP contribution is -2.27. The summed E-state index contributed by atoms with van der Waals surface area (Å²) in [5.74, 6) is 1.62. The van der Waals surface area contributed by atoms with Gasteiger partial charge in [0, 0.05) is 12.6 Å². The highest BCUT2D eigenvalue weighted by atomic mass is 16.5. The molecular formula is C9H18N4O. The van der Waals surface area contributed by atoms with Crippen molar-refractivity contribution in [2.75, 3.05) is 7.11 Å². The molecule has 0 unspecified atom stereocenters. The minimum atomic E-state index is -0.0634. The molecule has 0 radical (unpaired) electrons. The largest absolute Gasteiger partial charge is 0.377 e. The van der Waals surface area contributed by atoms with E-state index in [2.05, 4.69) is 31.0 Å². The molecule has 0 bridgehead atoms. The zero-order chi connectivity index (χ0) is 10.8. The van der Waals surface area contributed by atoms with Crippen LogP contribution in [0.3, 0.4) is 0 Å². The molecule has 0 amide bonds. The van der Waals surface area contributed by atoms with Gasteiger partial charge >= 0.3 is 0 Å². The van der Waals surface area contributed by atoms with Crippen molar-refractivity contribution >= 4 is 0 Å². The SMILES string of the molecule is COCc1nnc(CN)n1C(C)(C)C. The fraction of sp³-hybridized carbons (Fsp3) is 0.778. The maximum Gasteiger partial charge on any atom is 0.159 e. The predicted octanol–water partition coefficient (Wildman–Crippen LogP) is 0.638. The lowest BCUT2D eigenvalue weighted by atomic mass is 10.1. The van der Waals surface area contributed by atoms with E-state index in [4.69, 9.17) is 10.5 Å². The van der Waals surface area contributed by atoms with E-state index in [1.165, 1.54) is 0 Å². The normalized spacial score (nSPS) is 12.1. The molecule has 5 heteroatoms. The standard InChI is InChI=1S/C9H18N4O/c1-9(2,3)13-7(5-10)11-12-8(13)6-14-4/h5-6,10H2,1-4H3. The van der Waals surface area contributed by atoms with Gasteiger partial charge in [-0.2, -0.15) is 0 Å². The number of hydrogen-bond acceptors (Lipinski definition) is 4. The Hall–Kier alpha value is -0.940. The lowest BCUT2D eigenvalue weighted by molar-refractivity contribution is 0.167. The van der Waals surface area contributed by atoms with E-state index in [0.29, 0.717) is 13.2 Å². The predicted molar refractivity (Wildman–Crippen MR) is 53.6 cm³/mol. The van der Waals surface area contributed by atoms with Crippen LogP contribution in [0.4, 0.5) is 0 Å². The number of hydrogen-bond donors (Lipinski definition) is 1. The Bertz CT molecular complexity index is 300. The first-order valence-electron chi connectivity index (χ1n) is 4.63. The van der Waals surface area contributed by atoms with Crippen LogP contribution in [0.5, 0.6) is 0 Å². The average Bonchev–Trinajstić information content (AvgIpc) is 2.47. The van der Waals surface area contributed by atoms with Crippen molar-refractivity contribution < 1.29 is 4.74 Å². The molecule has 80 valence electrons. The van der Waals surface area contributed by atoms with Crippen LogP contribution in [0.1, 0.15) is 32.4 Å². The molecule has 0 spiro atoms. The maximum absolute atomic E-state index is 5.59. The first-order chi connectivity index (χ1) is 6.50. The molecule has 1 heterocycles. The van der Waals surface area contributed by atoms with Crippen LogP contribution in [-0.4, -0.2) is 21.9 Å². The average molecular weight is 198 g/mol. The molecule has 2 N–H and O–H groups in total. The molecule has 0 aromatic carbocycles. The Morgan fingerprint density at radius 3 is 2.29 bits per heavy atom. The smallest absolute Gasteiger partial charge is 0.159 e. The number of ether oxygens (including phenoxy) is 1. The third-order valence-corrected chi connectivity index (χ3v) is 1.92. The fourth-order valence-corrected chi connectivity index (χ4v) is 1.48. The van der Waals surface area contributed by atoms with Gasteiger partial charge in [-0.3, -0.25) is 0 Å². The third-order valence-electron chi connectivity index (χ3n) is 1.92. The topological polar surface area (TPSA) is 66.0 Å². The van der Waals surface area contributed by atoms with Crippen LogP contribution in [0.15, 0.2) is 0 Å². The maximum atomic E-state index is 5.59. The summed E-state index contributed by atoms with van der Waals surface area (Å²) >= 11 is 0. The molecule has 1 aromatic rings. The zero-order valence-electron chi connectivity index (χ0n) is 9.24. The van der Waals surface area contributed by atoms with Gasteiger partial charge in [-0.15, -0.1) is 10.2 Å². The van der Waals surface area contributed by atoms with Crippen LogP contribution < -0.4 is 5.73 Å². The van der Waals surface area contributed by atoms with Gasteiger partial charge in [-0.25, -0.2) is 0 Å². The van der Waals surface area contributed by atoms with Crippen LogP contribution in [0.25, 0.3) is 0 Å². The van der Waals surface area contributed by atoms with Crippen molar-refractivity contribution in [2.45, 2.75) is 39.5 Å². The monoisotopic (exact) mass is 198 g/mol. The minimum Gasteiger partial charge on any atom is -0.377 e. The quantitative estimate of drug-likeness (QED) is 0.774. The first kappa shape index (κ1) is 11.1. The number of rotatable bonds is 3. The van der Waals surface area contributed by atoms with Gasteiger partial charge in [0.15, 0.2) is 5.82 Å². The van der Waals surface area contributed by atoms with Crippen LogP contribution >= 0.6 is 0 Å². The molecule has 14 heavy (non-hydrogen) atoms. The zero-order valence-corrected chi connectivity index (χ0v) is 9.24. The third kappa shape index (κ3) is 2.10. The highest BCUT2D eigenvalue weighted by molar-refractivity contribution is 5.00. The number of nitrogens with zero attached hydrogens (tertiary/aromatic N) is 3. The summed E-state index contributed by atoms with van der Waals surface area (Å²) in [5, 5.41) is 8.08. The molecule has 0 aliphatic carbocycles. The van der Waals surface area contributed by atoms with Crippen molar-refractivity contribution in [3.05, 3.63) is 11.6 Å². The van der Waals surface area contributed by atoms with E-state index in [0.717, 1.165) is 11.6 Å². The van der Waals surface area contributed by atoms with Crippen molar-refractivity contribution in [1.82, 2.24) is 14.8 Å². The second-order valence-corrected chi connectivity index (χ2v) is 4.18. The summed E-state index contributed by atoms with van der Waals surface area (Å²) in [6.07, 6.45) is 0. The summed E-state index contributed by atoms with van der Waals surface area (Å²) in [5.41, 5.74) is 5.53. The molecular weight excluding hydrogens is 180 g/mol. The summed E-state index contributed by atoms with van der Waals surface area (Å²) in [6.45, 7) is 7.14. The lowest BCUT2D eigenvalue weighted by Gasteiger charge is -2.24. The molecule has 5 nitrogen and oxygen atoms in total. The highest BCUT2D eigenvalue weighted by Crippen LogP contribution is 2.18. The molecule has 1 rings (SSSR count). The minimum absolute atomic E-state index is 0.0634. The Balaban J connectivity index is 3.13. The van der Waals surface area contributed by atoms with Gasteiger partial charge in [-0.05, 0) is 20.8 Å². The Morgan fingerprint density at radius 1 is 1.29 bits per heavy atom. The van der Waals surface area contributed by atoms with Crippen molar-refractivity contribution in [3.63, 3.8) is 0 Å². The Labute approximate surface area is 84.3 Å². The summed E-state index contributed by atoms with van der Waals surface area (Å²) in [6, 6.07) is 0. The van der Waals surface area contributed by atoms with Crippen molar-refractivity contribution in [2.24, 2.45) is 5.73 Å². The van der Waals surface area contributed by atoms with Crippen molar-refractivity contribution in [1.29, 1.82) is 0 Å². The van der Waals surface area contributed by atoms with Gasteiger partial charge in [0.25, 0.3) is 0 Å². The van der Waals surface area contributed by atoms with Gasteiger partial charge in [0.1, 0.15) is 12.4 Å². The Kier molecular flexibility index (Phi) is 3.23. The van der Waals surface area contributed by atoms with E-state index in [9.17, 15) is 0 Å². The Morgan fingerprint density at radius 2 is 1.86 bits per heavy atom. The molecule has 0 fully saturated rings. The van der Waals surface area contributed by atoms with E-state index in [-0.39, 0.29) is 5.54 Å². The summed E-state index contributed by atoms with van der Waals surface area (Å²) < 4.78 is 7.08. The highest BCUT2D eigenvalue weighted by Gasteiger charge is 2.21. The first-order valence-corrected chi connectivity index (χ1v) is 4.63. The van der Waals surface area contributed by atoms with Crippen molar-refractivity contribution in [3.8, 4) is 0 Å². The van der Waals surface area contributed by atoms with E-state index < -0.39 is 0 Å². The van der Waals surface area contributed by atoms with E-state index in [1.807, 2.05) is 4.57 Å². The second kappa shape index (κ2) is 4.06. The molecule has 1 aromatic heterocycles. The van der Waals surface area contributed by atoms with Gasteiger partial charge in [0.05, 0.1) is 6.54 Å². The molecule has 0 aliphatic heterocycles.